The molecule has 0 saturated carbocycles. The molecular formula is C27H38ClFO4. The fraction of sp³-hybridized carbons (Fsp3) is 0.370. The Labute approximate surface area is 202 Å². The number of aryl methyl sites for hydroxylation is 1. The van der Waals surface area contributed by atoms with Crippen LogP contribution in [-0.2, 0) is 4.79 Å². The summed E-state index contributed by atoms with van der Waals surface area (Å²) >= 11 is 5.03. The largest absolute Gasteiger partial charge is 0.461 e. The summed E-state index contributed by atoms with van der Waals surface area (Å²) in [6.07, 6.45) is 0.667. The van der Waals surface area contributed by atoms with Crippen LogP contribution in [0.15, 0.2) is 57.7 Å². The van der Waals surface area contributed by atoms with Crippen LogP contribution in [0.3, 0.4) is 0 Å². The van der Waals surface area contributed by atoms with Crippen molar-refractivity contribution in [3.8, 4) is 0 Å². The molecule has 0 aliphatic heterocycles. The first-order valence-electron chi connectivity index (χ1n) is 10.6. The fourth-order valence-electron chi connectivity index (χ4n) is 1.97. The third-order valence-electron chi connectivity index (χ3n) is 3.85. The van der Waals surface area contributed by atoms with Gasteiger partial charge in [0.1, 0.15) is 22.9 Å². The highest BCUT2D eigenvalue weighted by molar-refractivity contribution is 6.67. The van der Waals surface area contributed by atoms with Crippen LogP contribution in [0.5, 0.6) is 0 Å². The van der Waals surface area contributed by atoms with Crippen molar-refractivity contribution in [3.63, 3.8) is 0 Å². The summed E-state index contributed by atoms with van der Waals surface area (Å²) in [5.74, 6) is 0.371. The van der Waals surface area contributed by atoms with Gasteiger partial charge in [-0.25, -0.2) is 4.39 Å². The molecule has 1 heterocycles. The minimum atomic E-state index is -0.766. The van der Waals surface area contributed by atoms with Crippen LogP contribution in [0.25, 0.3) is 11.0 Å². The number of ketones is 1. The fourth-order valence-corrected chi connectivity index (χ4v) is 2.12. The maximum absolute atomic E-state index is 12.5. The summed E-state index contributed by atoms with van der Waals surface area (Å²) in [6.45, 7) is 15.0. The summed E-state index contributed by atoms with van der Waals surface area (Å²) in [5, 5.41) is -0.108. The molecule has 184 valence electrons. The second-order valence-corrected chi connectivity index (χ2v) is 6.26. The minimum Gasteiger partial charge on any atom is -0.461 e. The average molecular weight is 481 g/mol. The third kappa shape index (κ3) is 12.7. The molecule has 0 aliphatic rings. The van der Waals surface area contributed by atoms with E-state index in [9.17, 15) is 18.8 Å². The van der Waals surface area contributed by atoms with Crippen LogP contribution in [0.2, 0.25) is 0 Å². The number of Topliss-reactive ketones (excluding diaryl/α,β-unsaturated/α-hetero) is 1. The van der Waals surface area contributed by atoms with Crippen molar-refractivity contribution in [2.24, 2.45) is 0 Å². The molecule has 0 bridgehead atoms. The predicted octanol–water partition coefficient (Wildman–Crippen LogP) is 8.29. The molecule has 4 nitrogen and oxygen atoms in total. The van der Waals surface area contributed by atoms with E-state index in [4.69, 9.17) is 16.0 Å². The molecule has 0 unspecified atom stereocenters. The number of rotatable bonds is 2. The van der Waals surface area contributed by atoms with E-state index in [2.05, 4.69) is 0 Å². The Bertz CT molecular complexity index is 1030. The Morgan fingerprint density at radius 2 is 1.39 bits per heavy atom. The topological polar surface area (TPSA) is 64.3 Å². The van der Waals surface area contributed by atoms with Crippen LogP contribution in [0.1, 0.15) is 77.1 Å². The van der Waals surface area contributed by atoms with E-state index in [0.717, 1.165) is 0 Å². The van der Waals surface area contributed by atoms with Gasteiger partial charge in [0.25, 0.3) is 5.24 Å². The van der Waals surface area contributed by atoms with Gasteiger partial charge in [-0.3, -0.25) is 9.59 Å². The number of para-hydroxylation sites is 1. The van der Waals surface area contributed by atoms with Crippen molar-refractivity contribution in [1.82, 2.24) is 0 Å². The van der Waals surface area contributed by atoms with Crippen LogP contribution in [-0.4, -0.2) is 11.0 Å². The predicted molar refractivity (Wildman–Crippen MR) is 139 cm³/mol. The average Bonchev–Trinajstić information content (AvgIpc) is 2.81. The quantitative estimate of drug-likeness (QED) is 0.346. The zero-order chi connectivity index (χ0) is 25.3. The monoisotopic (exact) mass is 480 g/mol. The van der Waals surface area contributed by atoms with E-state index in [1.165, 1.54) is 18.2 Å². The van der Waals surface area contributed by atoms with E-state index in [0.29, 0.717) is 28.7 Å². The molecule has 33 heavy (non-hydrogen) atoms. The minimum absolute atomic E-state index is 0. The molecular weight excluding hydrogens is 443 g/mol. The molecule has 3 rings (SSSR count). The molecule has 0 saturated heterocycles. The lowest BCUT2D eigenvalue weighted by molar-refractivity contribution is -0.116. The molecule has 0 spiro atoms. The van der Waals surface area contributed by atoms with Crippen LogP contribution < -0.4 is 5.43 Å². The highest BCUT2D eigenvalue weighted by Crippen LogP contribution is 2.13. The molecule has 6 heteroatoms. The number of hydrogen-bond donors (Lipinski definition) is 0. The summed E-state index contributed by atoms with van der Waals surface area (Å²) in [7, 11) is 0. The van der Waals surface area contributed by atoms with Crippen molar-refractivity contribution < 1.29 is 18.4 Å². The summed E-state index contributed by atoms with van der Waals surface area (Å²) in [5.41, 5.74) is 1.35. The first-order chi connectivity index (χ1) is 15.2. The van der Waals surface area contributed by atoms with E-state index in [1.807, 2.05) is 59.7 Å². The molecule has 0 aliphatic carbocycles. The number of halogens is 2. The van der Waals surface area contributed by atoms with Crippen LogP contribution in [0, 0.1) is 19.7 Å². The van der Waals surface area contributed by atoms with Crippen molar-refractivity contribution in [3.05, 3.63) is 81.5 Å². The normalized spacial score (nSPS) is 8.55. The van der Waals surface area contributed by atoms with Gasteiger partial charge in [-0.2, -0.15) is 0 Å². The van der Waals surface area contributed by atoms with E-state index in [-0.39, 0.29) is 24.2 Å². The van der Waals surface area contributed by atoms with E-state index >= 15 is 0 Å². The molecule has 0 radical (unpaired) electrons. The number of carbonyl (C=O) groups is 2. The Kier molecular flexibility index (Phi) is 21.0. The first-order valence-corrected chi connectivity index (χ1v) is 11.0. The van der Waals surface area contributed by atoms with Crippen molar-refractivity contribution in [1.29, 1.82) is 0 Å². The van der Waals surface area contributed by atoms with E-state index < -0.39 is 11.1 Å². The molecule has 0 fully saturated rings. The van der Waals surface area contributed by atoms with Gasteiger partial charge in [0.05, 0.1) is 10.9 Å². The summed E-state index contributed by atoms with van der Waals surface area (Å²) < 4.78 is 18.0. The van der Waals surface area contributed by atoms with Crippen LogP contribution >= 0.6 is 11.6 Å². The molecule has 3 aromatic rings. The lowest BCUT2D eigenvalue weighted by Crippen LogP contribution is -2.06. The Balaban J connectivity index is -0.000000403. The van der Waals surface area contributed by atoms with Gasteiger partial charge in [-0.05, 0) is 56.6 Å². The first kappa shape index (κ1) is 34.8. The second kappa shape index (κ2) is 19.9. The molecule has 2 aromatic carbocycles. The SMILES string of the molecule is C.CC.CC.CCC(C)=O.Cc1oc2ccccc2c(=O)c1C.O=C(Cl)c1ccccc1F. The molecule has 0 N–H and O–H groups in total. The maximum Gasteiger partial charge on any atom is 0.255 e. The van der Waals surface area contributed by atoms with Gasteiger partial charge >= 0.3 is 0 Å². The van der Waals surface area contributed by atoms with Gasteiger partial charge < -0.3 is 9.21 Å². The van der Waals surface area contributed by atoms with Crippen molar-refractivity contribution >= 4 is 33.6 Å². The number of carbonyl (C=O) groups excluding carboxylic acids is 2. The van der Waals surface area contributed by atoms with Crippen LogP contribution in [0.4, 0.5) is 4.39 Å². The number of hydrogen-bond acceptors (Lipinski definition) is 4. The Morgan fingerprint density at radius 3 is 1.82 bits per heavy atom. The zero-order valence-corrected chi connectivity index (χ0v) is 21.0. The number of benzene rings is 2. The third-order valence-corrected chi connectivity index (χ3v) is 4.05. The molecule has 0 atom stereocenters. The Morgan fingerprint density at radius 1 is 0.939 bits per heavy atom. The van der Waals surface area contributed by atoms with E-state index in [1.54, 1.807) is 26.0 Å². The standard InChI is InChI=1S/C11H10O2.C7H4ClFO.C4H8O.2C2H6.CH4/c1-7-8(2)13-10-6-4-3-5-9(10)11(7)12;8-7(10)5-3-1-2-4-6(5)9;1-3-4(2)5;2*1-2;/h3-6H,1-2H3;1-4H;3H2,1-2H3;2*1-2H3;1H4. The molecule has 0 amide bonds. The summed E-state index contributed by atoms with van der Waals surface area (Å²) in [4.78, 5) is 31.9. The van der Waals surface area contributed by atoms with Gasteiger partial charge in [-0.1, -0.05) is 66.3 Å². The lowest BCUT2D eigenvalue weighted by Gasteiger charge is -2.00. The highest BCUT2D eigenvalue weighted by Gasteiger charge is 2.06. The van der Waals surface area contributed by atoms with Gasteiger partial charge in [0.15, 0.2) is 5.43 Å². The summed E-state index contributed by atoms with van der Waals surface area (Å²) in [6, 6.07) is 12.9. The zero-order valence-electron chi connectivity index (χ0n) is 20.2. The van der Waals surface area contributed by atoms with Crippen molar-refractivity contribution in [2.75, 3.05) is 0 Å². The number of fused-ring (bicyclic) bond motifs is 1. The Hall–Kier alpha value is -2.79. The van der Waals surface area contributed by atoms with Gasteiger partial charge in [0, 0.05) is 12.0 Å². The van der Waals surface area contributed by atoms with Gasteiger partial charge in [0.2, 0.25) is 0 Å². The second-order valence-electron chi connectivity index (χ2n) is 5.92. The van der Waals surface area contributed by atoms with Gasteiger partial charge in [-0.15, -0.1) is 0 Å². The van der Waals surface area contributed by atoms with Crippen molar-refractivity contribution in [2.45, 2.75) is 69.2 Å². The smallest absolute Gasteiger partial charge is 0.255 e. The molecule has 1 aromatic heterocycles. The maximum atomic E-state index is 12.5. The lowest BCUT2D eigenvalue weighted by atomic mass is 10.1. The highest BCUT2D eigenvalue weighted by atomic mass is 35.5.